The van der Waals surface area contributed by atoms with Gasteiger partial charge in [0.05, 0.1) is 5.75 Å². The number of nitrogens with zero attached hydrogens (tertiary/aromatic N) is 2. The largest absolute Gasteiger partial charge is 0.325 e. The number of rotatable bonds is 7. The maximum Gasteiger partial charge on any atom is 0.257 e. The van der Waals surface area contributed by atoms with E-state index in [-0.39, 0.29) is 11.7 Å². The van der Waals surface area contributed by atoms with Crippen molar-refractivity contribution in [3.8, 4) is 0 Å². The Hall–Kier alpha value is -2.78. The highest BCUT2D eigenvalue weighted by molar-refractivity contribution is 8.01. The number of anilines is 2. The minimum Gasteiger partial charge on any atom is -0.325 e. The summed E-state index contributed by atoms with van der Waals surface area (Å²) in [5.74, 6) is -0.788. The van der Waals surface area contributed by atoms with Crippen molar-refractivity contribution in [3.63, 3.8) is 0 Å². The molecule has 3 rings (SSSR count). The van der Waals surface area contributed by atoms with E-state index in [0.29, 0.717) is 15.0 Å². The minimum absolute atomic E-state index is 0.152. The summed E-state index contributed by atoms with van der Waals surface area (Å²) in [6.07, 6.45) is 0.946. The maximum absolute atomic E-state index is 12.9. The van der Waals surface area contributed by atoms with Crippen molar-refractivity contribution in [2.45, 2.75) is 17.7 Å². The van der Waals surface area contributed by atoms with Crippen molar-refractivity contribution in [1.82, 2.24) is 10.2 Å². The van der Waals surface area contributed by atoms with Crippen molar-refractivity contribution in [1.29, 1.82) is 0 Å². The van der Waals surface area contributed by atoms with Crippen LogP contribution in [0, 0.1) is 5.82 Å². The monoisotopic (exact) mass is 416 g/mol. The number of aryl methyl sites for hydroxylation is 1. The van der Waals surface area contributed by atoms with Crippen LogP contribution in [0.15, 0.2) is 52.9 Å². The molecule has 3 aromatic rings. The van der Waals surface area contributed by atoms with E-state index in [2.05, 4.69) is 27.8 Å². The smallest absolute Gasteiger partial charge is 0.257 e. The van der Waals surface area contributed by atoms with E-state index in [0.717, 1.165) is 12.1 Å². The molecule has 0 atom stereocenters. The van der Waals surface area contributed by atoms with Crippen molar-refractivity contribution in [2.75, 3.05) is 16.4 Å². The molecule has 0 aliphatic carbocycles. The summed E-state index contributed by atoms with van der Waals surface area (Å²) in [7, 11) is 0. The molecule has 0 aliphatic heterocycles. The lowest BCUT2D eigenvalue weighted by molar-refractivity contribution is -0.113. The second kappa shape index (κ2) is 9.43. The molecule has 9 heteroatoms. The van der Waals surface area contributed by atoms with Crippen LogP contribution in [-0.4, -0.2) is 27.8 Å². The fraction of sp³-hybridized carbons (Fsp3) is 0.158. The third-order valence-corrected chi connectivity index (χ3v) is 5.68. The van der Waals surface area contributed by atoms with Crippen LogP contribution in [0.2, 0.25) is 0 Å². The average molecular weight is 417 g/mol. The molecule has 2 N–H and O–H groups in total. The molecule has 2 amide bonds. The Morgan fingerprint density at radius 3 is 2.43 bits per heavy atom. The van der Waals surface area contributed by atoms with Crippen LogP contribution in [0.1, 0.15) is 22.8 Å². The van der Waals surface area contributed by atoms with Crippen molar-refractivity contribution < 1.29 is 14.0 Å². The topological polar surface area (TPSA) is 84.0 Å². The first-order valence-corrected chi connectivity index (χ1v) is 10.3. The van der Waals surface area contributed by atoms with Gasteiger partial charge in [0.1, 0.15) is 5.82 Å². The first-order valence-electron chi connectivity index (χ1n) is 8.45. The van der Waals surface area contributed by atoms with Gasteiger partial charge < -0.3 is 5.32 Å². The third-order valence-electron chi connectivity index (χ3n) is 3.71. The highest BCUT2D eigenvalue weighted by Crippen LogP contribution is 2.26. The lowest BCUT2D eigenvalue weighted by atomic mass is 10.1. The van der Waals surface area contributed by atoms with Gasteiger partial charge in [-0.25, -0.2) is 4.39 Å². The van der Waals surface area contributed by atoms with E-state index in [9.17, 15) is 14.0 Å². The van der Waals surface area contributed by atoms with Gasteiger partial charge in [0, 0.05) is 11.3 Å². The Kier molecular flexibility index (Phi) is 6.72. The van der Waals surface area contributed by atoms with Crippen LogP contribution >= 0.6 is 23.1 Å². The quantitative estimate of drug-likeness (QED) is 0.445. The Bertz CT molecular complexity index is 959. The van der Waals surface area contributed by atoms with Gasteiger partial charge in [-0.15, -0.1) is 10.2 Å². The summed E-state index contributed by atoms with van der Waals surface area (Å²) in [5, 5.41) is 13.6. The fourth-order valence-corrected chi connectivity index (χ4v) is 3.78. The van der Waals surface area contributed by atoms with Crippen molar-refractivity contribution in [2.24, 2.45) is 0 Å². The second-order valence-electron chi connectivity index (χ2n) is 5.72. The van der Waals surface area contributed by atoms with Gasteiger partial charge in [-0.2, -0.15) is 0 Å². The summed E-state index contributed by atoms with van der Waals surface area (Å²) >= 11 is 2.40. The molecule has 144 valence electrons. The van der Waals surface area contributed by atoms with Gasteiger partial charge in [0.15, 0.2) is 4.34 Å². The van der Waals surface area contributed by atoms with Crippen molar-refractivity contribution >= 4 is 45.7 Å². The number of carbonyl (C=O) groups excluding carboxylic acids is 2. The zero-order chi connectivity index (χ0) is 19.9. The summed E-state index contributed by atoms with van der Waals surface area (Å²) in [6.45, 7) is 2.07. The predicted octanol–water partition coefficient (Wildman–Crippen LogP) is 4.22. The van der Waals surface area contributed by atoms with E-state index in [1.165, 1.54) is 52.9 Å². The number of amides is 2. The molecule has 0 saturated carbocycles. The molecule has 0 radical (unpaired) electrons. The zero-order valence-electron chi connectivity index (χ0n) is 14.9. The first kappa shape index (κ1) is 20.0. The predicted molar refractivity (Wildman–Crippen MR) is 109 cm³/mol. The number of hydrogen-bond acceptors (Lipinski definition) is 6. The van der Waals surface area contributed by atoms with Gasteiger partial charge in [0.2, 0.25) is 11.0 Å². The molecular formula is C19H17FN4O2S2. The first-order chi connectivity index (χ1) is 13.5. The number of carbonyl (C=O) groups is 2. The summed E-state index contributed by atoms with van der Waals surface area (Å²) in [4.78, 5) is 24.1. The molecule has 6 nitrogen and oxygen atoms in total. The van der Waals surface area contributed by atoms with E-state index < -0.39 is 11.7 Å². The third kappa shape index (κ3) is 5.61. The van der Waals surface area contributed by atoms with E-state index in [4.69, 9.17) is 0 Å². The normalized spacial score (nSPS) is 10.5. The van der Waals surface area contributed by atoms with E-state index in [1.54, 1.807) is 0 Å². The lowest BCUT2D eigenvalue weighted by Crippen LogP contribution is -2.13. The average Bonchev–Trinajstić information content (AvgIpc) is 3.15. The van der Waals surface area contributed by atoms with Gasteiger partial charge in [-0.05, 0) is 48.4 Å². The van der Waals surface area contributed by atoms with Crippen LogP contribution in [-0.2, 0) is 11.2 Å². The Balaban J connectivity index is 1.49. The van der Waals surface area contributed by atoms with Gasteiger partial charge in [-0.3, -0.25) is 14.9 Å². The highest BCUT2D eigenvalue weighted by atomic mass is 32.2. The Morgan fingerprint density at radius 1 is 1.04 bits per heavy atom. The van der Waals surface area contributed by atoms with E-state index >= 15 is 0 Å². The number of hydrogen-bond donors (Lipinski definition) is 2. The molecule has 0 fully saturated rings. The van der Waals surface area contributed by atoms with Crippen LogP contribution in [0.4, 0.5) is 15.2 Å². The number of benzene rings is 2. The van der Waals surface area contributed by atoms with Crippen LogP contribution in [0.5, 0.6) is 0 Å². The van der Waals surface area contributed by atoms with E-state index in [1.807, 2.05) is 24.3 Å². The molecule has 1 aromatic heterocycles. The van der Waals surface area contributed by atoms with Crippen LogP contribution < -0.4 is 10.6 Å². The zero-order valence-corrected chi connectivity index (χ0v) is 16.6. The maximum atomic E-state index is 12.9. The molecule has 0 unspecified atom stereocenters. The minimum atomic E-state index is -0.411. The summed E-state index contributed by atoms with van der Waals surface area (Å²) < 4.78 is 13.5. The van der Waals surface area contributed by atoms with Crippen LogP contribution in [0.25, 0.3) is 0 Å². The number of halogens is 1. The summed E-state index contributed by atoms with van der Waals surface area (Å²) in [5.41, 5.74) is 2.27. The van der Waals surface area contributed by atoms with Crippen LogP contribution in [0.3, 0.4) is 0 Å². The molecular weight excluding hydrogens is 399 g/mol. The molecule has 28 heavy (non-hydrogen) atoms. The SMILES string of the molecule is CCc1ccc(NC(=O)CSc2nnc(NC(=O)c3ccc(F)cc3)s2)cc1. The highest BCUT2D eigenvalue weighted by Gasteiger charge is 2.12. The second-order valence-corrected chi connectivity index (χ2v) is 7.92. The fourth-order valence-electron chi connectivity index (χ4n) is 2.24. The molecule has 0 bridgehead atoms. The molecule has 0 aliphatic rings. The molecule has 1 heterocycles. The van der Waals surface area contributed by atoms with Crippen molar-refractivity contribution in [3.05, 3.63) is 65.5 Å². The standard InChI is InChI=1S/C19H17FN4O2S2/c1-2-12-3-9-15(10-4-12)21-16(25)11-27-19-24-23-18(28-19)22-17(26)13-5-7-14(20)8-6-13/h3-10H,2,11H2,1H3,(H,21,25)(H,22,23,26). The Labute approximate surface area is 169 Å². The van der Waals surface area contributed by atoms with Gasteiger partial charge in [-0.1, -0.05) is 42.2 Å². The molecule has 0 saturated heterocycles. The Morgan fingerprint density at radius 2 is 1.75 bits per heavy atom. The number of nitrogens with one attached hydrogen (secondary N) is 2. The molecule has 0 spiro atoms. The van der Waals surface area contributed by atoms with Gasteiger partial charge in [0.25, 0.3) is 5.91 Å². The number of aromatic nitrogens is 2. The van der Waals surface area contributed by atoms with Gasteiger partial charge >= 0.3 is 0 Å². The summed E-state index contributed by atoms with van der Waals surface area (Å²) in [6, 6.07) is 12.9. The molecule has 2 aromatic carbocycles. The number of thioether (sulfide) groups is 1. The lowest BCUT2D eigenvalue weighted by Gasteiger charge is -2.05.